The lowest BCUT2D eigenvalue weighted by Gasteiger charge is -2.21. The van der Waals surface area contributed by atoms with Gasteiger partial charge in [0.1, 0.15) is 0 Å². The van der Waals surface area contributed by atoms with E-state index in [-0.39, 0.29) is 23.6 Å². The van der Waals surface area contributed by atoms with Crippen LogP contribution in [0.3, 0.4) is 0 Å². The molecule has 0 aliphatic heterocycles. The number of amides is 1. The minimum atomic E-state index is -0.590. The second-order valence-electron chi connectivity index (χ2n) is 4.95. The number of hydrazine groups is 1. The van der Waals surface area contributed by atoms with Gasteiger partial charge in [-0.2, -0.15) is 0 Å². The Morgan fingerprint density at radius 2 is 2.16 bits per heavy atom. The monoisotopic (exact) mass is 370 g/mol. The van der Waals surface area contributed by atoms with Gasteiger partial charge < -0.3 is 14.8 Å². The van der Waals surface area contributed by atoms with E-state index in [2.05, 4.69) is 10.7 Å². The molecular formula is C15H22N4O5S. The van der Waals surface area contributed by atoms with Crippen LogP contribution >= 0.6 is 12.2 Å². The Morgan fingerprint density at radius 1 is 1.44 bits per heavy atom. The second kappa shape index (κ2) is 10.4. The molecule has 0 unspecified atom stereocenters. The van der Waals surface area contributed by atoms with E-state index in [1.165, 1.54) is 23.2 Å². The zero-order valence-corrected chi connectivity index (χ0v) is 15.2. The van der Waals surface area contributed by atoms with Crippen molar-refractivity contribution in [1.29, 1.82) is 0 Å². The Balaban J connectivity index is 2.71. The van der Waals surface area contributed by atoms with E-state index < -0.39 is 10.8 Å². The number of nitrogens with zero attached hydrogens (tertiary/aromatic N) is 2. The minimum absolute atomic E-state index is 0.118. The van der Waals surface area contributed by atoms with E-state index in [4.69, 9.17) is 21.7 Å². The number of rotatable bonds is 8. The summed E-state index contributed by atoms with van der Waals surface area (Å²) in [4.78, 5) is 22.8. The molecule has 0 aliphatic carbocycles. The molecule has 2 N–H and O–H groups in total. The molecular weight excluding hydrogens is 348 g/mol. The van der Waals surface area contributed by atoms with Gasteiger partial charge in [0.2, 0.25) is 0 Å². The van der Waals surface area contributed by atoms with Crippen molar-refractivity contribution in [1.82, 2.24) is 15.8 Å². The third kappa shape index (κ3) is 6.51. The van der Waals surface area contributed by atoms with Crippen LogP contribution in [0.1, 0.15) is 23.7 Å². The number of benzene rings is 1. The van der Waals surface area contributed by atoms with E-state index in [1.807, 2.05) is 0 Å². The van der Waals surface area contributed by atoms with E-state index in [9.17, 15) is 14.9 Å². The summed E-state index contributed by atoms with van der Waals surface area (Å²) >= 11 is 5.15. The highest BCUT2D eigenvalue weighted by atomic mass is 32.1. The topological polar surface area (TPSA) is 106 Å². The number of nitro groups is 1. The zero-order chi connectivity index (χ0) is 18.8. The zero-order valence-electron chi connectivity index (χ0n) is 14.4. The number of hydrogen-bond donors (Lipinski definition) is 2. The van der Waals surface area contributed by atoms with Gasteiger partial charge in [-0.15, -0.1) is 0 Å². The van der Waals surface area contributed by atoms with Crippen LogP contribution in [0.5, 0.6) is 5.75 Å². The maximum absolute atomic E-state index is 12.3. The van der Waals surface area contributed by atoms with Crippen LogP contribution in [-0.2, 0) is 4.74 Å². The highest BCUT2D eigenvalue weighted by Crippen LogP contribution is 2.27. The average Bonchev–Trinajstić information content (AvgIpc) is 2.58. The summed E-state index contributed by atoms with van der Waals surface area (Å²) in [5.41, 5.74) is 2.41. The molecule has 25 heavy (non-hydrogen) atoms. The molecule has 0 bridgehead atoms. The van der Waals surface area contributed by atoms with Crippen LogP contribution < -0.4 is 15.5 Å². The number of ether oxygens (including phenoxy) is 2. The van der Waals surface area contributed by atoms with Gasteiger partial charge in [-0.25, -0.2) is 0 Å². The number of nitrogens with one attached hydrogen (secondary N) is 2. The maximum Gasteiger partial charge on any atom is 0.311 e. The number of carbonyl (C=O) groups is 1. The minimum Gasteiger partial charge on any atom is -0.487 e. The first-order valence-corrected chi connectivity index (χ1v) is 8.04. The summed E-state index contributed by atoms with van der Waals surface area (Å²) in [6, 6.07) is 4.03. The third-order valence-corrected chi connectivity index (χ3v) is 3.51. The van der Waals surface area contributed by atoms with Crippen molar-refractivity contribution >= 4 is 28.9 Å². The Bertz CT molecular complexity index is 626. The van der Waals surface area contributed by atoms with Crippen molar-refractivity contribution in [2.45, 2.75) is 13.3 Å². The fraction of sp³-hybridized carbons (Fsp3) is 0.467. The fourth-order valence-corrected chi connectivity index (χ4v) is 2.02. The van der Waals surface area contributed by atoms with Crippen LogP contribution in [0.4, 0.5) is 5.69 Å². The van der Waals surface area contributed by atoms with Crippen molar-refractivity contribution in [3.05, 3.63) is 33.9 Å². The highest BCUT2D eigenvalue weighted by molar-refractivity contribution is 7.80. The SMILES string of the molecule is CCOc1ccc(C(=O)NN(C)C(=S)NCCCOC)cc1[N+](=O)[O-]. The Morgan fingerprint density at radius 3 is 2.76 bits per heavy atom. The molecule has 0 radical (unpaired) electrons. The van der Waals surface area contributed by atoms with Crippen molar-refractivity contribution in [2.75, 3.05) is 33.9 Å². The van der Waals surface area contributed by atoms with Gasteiger partial charge in [0.15, 0.2) is 10.9 Å². The van der Waals surface area contributed by atoms with Crippen LogP contribution in [-0.4, -0.2) is 54.9 Å². The van der Waals surface area contributed by atoms with Crippen LogP contribution in [0.15, 0.2) is 18.2 Å². The number of nitro benzene ring substituents is 1. The lowest BCUT2D eigenvalue weighted by atomic mass is 10.2. The van der Waals surface area contributed by atoms with Gasteiger partial charge in [-0.1, -0.05) is 0 Å². The number of carbonyl (C=O) groups excluding carboxylic acids is 1. The predicted octanol–water partition coefficient (Wildman–Crippen LogP) is 1.48. The highest BCUT2D eigenvalue weighted by Gasteiger charge is 2.19. The molecule has 9 nitrogen and oxygen atoms in total. The van der Waals surface area contributed by atoms with Gasteiger partial charge in [0.05, 0.1) is 11.5 Å². The summed E-state index contributed by atoms with van der Waals surface area (Å²) in [6.07, 6.45) is 0.767. The van der Waals surface area contributed by atoms with Crippen LogP contribution in [0.25, 0.3) is 0 Å². The van der Waals surface area contributed by atoms with Gasteiger partial charge in [-0.05, 0) is 37.7 Å². The quantitative estimate of drug-likeness (QED) is 0.307. The molecule has 1 amide bonds. The normalized spacial score (nSPS) is 10.0. The van der Waals surface area contributed by atoms with Gasteiger partial charge >= 0.3 is 5.69 Å². The summed E-state index contributed by atoms with van der Waals surface area (Å²) in [5, 5.41) is 15.7. The summed E-state index contributed by atoms with van der Waals surface area (Å²) in [5.74, 6) is -0.401. The molecule has 1 rings (SSSR count). The van der Waals surface area contributed by atoms with E-state index in [0.717, 1.165) is 6.42 Å². The van der Waals surface area contributed by atoms with E-state index in [1.54, 1.807) is 21.1 Å². The number of methoxy groups -OCH3 is 1. The van der Waals surface area contributed by atoms with Crippen molar-refractivity contribution in [3.8, 4) is 5.75 Å². The molecule has 1 aromatic carbocycles. The Kier molecular flexibility index (Phi) is 8.57. The molecule has 0 atom stereocenters. The van der Waals surface area contributed by atoms with Crippen molar-refractivity contribution < 1.29 is 19.2 Å². The Hall–Kier alpha value is -2.46. The first-order chi connectivity index (χ1) is 11.9. The number of thiocarbonyl (C=S) groups is 1. The lowest BCUT2D eigenvalue weighted by Crippen LogP contribution is -2.48. The molecule has 0 aromatic heterocycles. The van der Waals surface area contributed by atoms with Gasteiger partial charge in [-0.3, -0.25) is 25.3 Å². The van der Waals surface area contributed by atoms with Crippen molar-refractivity contribution in [2.24, 2.45) is 0 Å². The van der Waals surface area contributed by atoms with Crippen molar-refractivity contribution in [3.63, 3.8) is 0 Å². The number of hydrogen-bond acceptors (Lipinski definition) is 6. The molecule has 1 aromatic rings. The maximum atomic E-state index is 12.3. The predicted molar refractivity (Wildman–Crippen MR) is 96.6 cm³/mol. The van der Waals surface area contributed by atoms with E-state index in [0.29, 0.717) is 18.3 Å². The lowest BCUT2D eigenvalue weighted by molar-refractivity contribution is -0.385. The molecule has 10 heteroatoms. The third-order valence-electron chi connectivity index (χ3n) is 3.09. The molecule has 0 saturated heterocycles. The molecule has 0 fully saturated rings. The summed E-state index contributed by atoms with van der Waals surface area (Å²) < 4.78 is 10.1. The van der Waals surface area contributed by atoms with E-state index >= 15 is 0 Å². The van der Waals surface area contributed by atoms with Gasteiger partial charge in [0, 0.05) is 38.9 Å². The molecule has 138 valence electrons. The van der Waals surface area contributed by atoms with Crippen LogP contribution in [0.2, 0.25) is 0 Å². The summed E-state index contributed by atoms with van der Waals surface area (Å²) in [7, 11) is 3.19. The molecule has 0 spiro atoms. The molecule has 0 saturated carbocycles. The average molecular weight is 370 g/mol. The first-order valence-electron chi connectivity index (χ1n) is 7.63. The second-order valence-corrected chi connectivity index (χ2v) is 5.34. The summed E-state index contributed by atoms with van der Waals surface area (Å²) in [6.45, 7) is 3.21. The molecule has 0 aliphatic rings. The Labute approximate surface area is 151 Å². The smallest absolute Gasteiger partial charge is 0.311 e. The first kappa shape index (κ1) is 20.6. The molecule has 0 heterocycles. The largest absolute Gasteiger partial charge is 0.487 e. The van der Waals surface area contributed by atoms with Crippen LogP contribution in [0, 0.1) is 10.1 Å². The standard InChI is InChI=1S/C15H22N4O5S/c1-4-24-13-7-6-11(10-12(13)19(21)22)14(20)17-18(2)15(25)16-8-5-9-23-3/h6-7,10H,4-5,8-9H2,1-3H3,(H,16,25)(H,17,20). The van der Waals surface area contributed by atoms with Gasteiger partial charge in [0.25, 0.3) is 5.91 Å². The fourth-order valence-electron chi connectivity index (χ4n) is 1.88.